The molecule has 0 aliphatic carbocycles. The Morgan fingerprint density at radius 2 is 1.81 bits per heavy atom. The van der Waals surface area contributed by atoms with Crippen molar-refractivity contribution >= 4 is 17.6 Å². The second kappa shape index (κ2) is 5.62. The van der Waals surface area contributed by atoms with Gasteiger partial charge >= 0.3 is 5.97 Å². The van der Waals surface area contributed by atoms with Crippen LogP contribution in [0, 0.1) is 12.7 Å². The summed E-state index contributed by atoms with van der Waals surface area (Å²) in [6.45, 7) is 1.66. The minimum atomic E-state index is -1.31. The van der Waals surface area contributed by atoms with E-state index in [0.29, 0.717) is 5.56 Å². The number of benzene rings is 2. The molecule has 2 aromatic rings. The number of carbonyl (C=O) groups excluding carboxylic acids is 1. The number of anilines is 1. The Labute approximate surface area is 119 Å². The summed E-state index contributed by atoms with van der Waals surface area (Å²) in [6.07, 6.45) is 0. The SMILES string of the molecule is Cc1ccc(F)cc1C(=O)Nc1ccc(O)c(C(=O)O)c1. The normalized spacial score (nSPS) is 10.2. The number of nitrogens with one attached hydrogen (secondary N) is 1. The summed E-state index contributed by atoms with van der Waals surface area (Å²) < 4.78 is 13.2. The predicted molar refractivity (Wildman–Crippen MR) is 74.2 cm³/mol. The number of carboxylic acids is 1. The Kier molecular flexibility index (Phi) is 3.89. The molecule has 5 nitrogen and oxygen atoms in total. The van der Waals surface area contributed by atoms with Gasteiger partial charge < -0.3 is 15.5 Å². The number of hydrogen-bond acceptors (Lipinski definition) is 3. The lowest BCUT2D eigenvalue weighted by Crippen LogP contribution is -2.14. The van der Waals surface area contributed by atoms with Gasteiger partial charge in [0.15, 0.2) is 0 Å². The fourth-order valence-electron chi connectivity index (χ4n) is 1.82. The first-order valence-electron chi connectivity index (χ1n) is 6.02. The molecule has 0 unspecified atom stereocenters. The molecule has 6 heteroatoms. The summed E-state index contributed by atoms with van der Waals surface area (Å²) in [6, 6.07) is 7.47. The van der Waals surface area contributed by atoms with Gasteiger partial charge in [-0.2, -0.15) is 0 Å². The topological polar surface area (TPSA) is 86.6 Å². The van der Waals surface area contributed by atoms with Crippen LogP contribution in [-0.2, 0) is 0 Å². The molecule has 2 aromatic carbocycles. The molecule has 0 saturated carbocycles. The van der Waals surface area contributed by atoms with Gasteiger partial charge in [0.25, 0.3) is 5.91 Å². The van der Waals surface area contributed by atoms with E-state index in [0.717, 1.165) is 18.2 Å². The van der Waals surface area contributed by atoms with Crippen molar-refractivity contribution in [3.05, 3.63) is 58.9 Å². The van der Waals surface area contributed by atoms with Crippen molar-refractivity contribution in [2.45, 2.75) is 6.92 Å². The standard InChI is InChI=1S/C15H12FNO4/c1-8-2-3-9(16)6-11(8)14(19)17-10-4-5-13(18)12(7-10)15(20)21/h2-7,18H,1H3,(H,17,19)(H,20,21). The Hall–Kier alpha value is -2.89. The molecule has 3 N–H and O–H groups in total. The first-order chi connectivity index (χ1) is 9.88. The molecule has 0 spiro atoms. The van der Waals surface area contributed by atoms with E-state index in [-0.39, 0.29) is 16.8 Å². The van der Waals surface area contributed by atoms with Gasteiger partial charge in [0, 0.05) is 11.3 Å². The van der Waals surface area contributed by atoms with Crippen LogP contribution in [0.5, 0.6) is 5.75 Å². The largest absolute Gasteiger partial charge is 0.507 e. The molecule has 108 valence electrons. The Morgan fingerprint density at radius 1 is 1.10 bits per heavy atom. The second-order valence-electron chi connectivity index (χ2n) is 4.45. The lowest BCUT2D eigenvalue weighted by Gasteiger charge is -2.09. The molecule has 0 atom stereocenters. The Morgan fingerprint density at radius 3 is 2.48 bits per heavy atom. The Bertz CT molecular complexity index is 728. The van der Waals surface area contributed by atoms with Crippen LogP contribution in [0.3, 0.4) is 0 Å². The van der Waals surface area contributed by atoms with Crippen LogP contribution in [-0.4, -0.2) is 22.1 Å². The zero-order valence-electron chi connectivity index (χ0n) is 11.1. The molecule has 0 aliphatic heterocycles. The van der Waals surface area contributed by atoms with Crippen LogP contribution in [0.2, 0.25) is 0 Å². The van der Waals surface area contributed by atoms with E-state index >= 15 is 0 Å². The van der Waals surface area contributed by atoms with Crippen molar-refractivity contribution in [2.75, 3.05) is 5.32 Å². The van der Waals surface area contributed by atoms with Crippen molar-refractivity contribution in [1.29, 1.82) is 0 Å². The summed E-state index contributed by atoms with van der Waals surface area (Å²) in [4.78, 5) is 23.0. The van der Waals surface area contributed by atoms with Crippen LogP contribution < -0.4 is 5.32 Å². The van der Waals surface area contributed by atoms with Crippen molar-refractivity contribution in [3.63, 3.8) is 0 Å². The van der Waals surface area contributed by atoms with Gasteiger partial charge in [-0.25, -0.2) is 9.18 Å². The van der Waals surface area contributed by atoms with Crippen LogP contribution in [0.4, 0.5) is 10.1 Å². The van der Waals surface area contributed by atoms with Gasteiger partial charge in [-0.05, 0) is 42.8 Å². The number of phenols is 1. The number of hydrogen-bond donors (Lipinski definition) is 3. The lowest BCUT2D eigenvalue weighted by molar-refractivity contribution is 0.0693. The molecule has 0 saturated heterocycles. The Balaban J connectivity index is 2.29. The molecule has 0 bridgehead atoms. The molecular weight excluding hydrogens is 277 g/mol. The number of rotatable bonds is 3. The predicted octanol–water partition coefficient (Wildman–Crippen LogP) is 2.79. The smallest absolute Gasteiger partial charge is 0.339 e. The van der Waals surface area contributed by atoms with E-state index in [1.165, 1.54) is 18.2 Å². The monoisotopic (exact) mass is 289 g/mol. The average molecular weight is 289 g/mol. The maximum Gasteiger partial charge on any atom is 0.339 e. The summed E-state index contributed by atoms with van der Waals surface area (Å²) >= 11 is 0. The van der Waals surface area contributed by atoms with Gasteiger partial charge in [-0.3, -0.25) is 4.79 Å². The summed E-state index contributed by atoms with van der Waals surface area (Å²) in [5.41, 5.74) is 0.605. The van der Waals surface area contributed by atoms with Gasteiger partial charge in [0.1, 0.15) is 17.1 Å². The fraction of sp³-hybridized carbons (Fsp3) is 0.0667. The average Bonchev–Trinajstić information content (AvgIpc) is 2.43. The number of carboxylic acid groups (broad SMARTS) is 1. The highest BCUT2D eigenvalue weighted by molar-refractivity contribution is 6.06. The third-order valence-electron chi connectivity index (χ3n) is 2.93. The number of carbonyl (C=O) groups is 2. The van der Waals surface area contributed by atoms with Gasteiger partial charge in [-0.15, -0.1) is 0 Å². The van der Waals surface area contributed by atoms with Crippen LogP contribution in [0.15, 0.2) is 36.4 Å². The summed E-state index contributed by atoms with van der Waals surface area (Å²) in [5, 5.41) is 20.8. The van der Waals surface area contributed by atoms with Gasteiger partial charge in [0.05, 0.1) is 0 Å². The maximum absolute atomic E-state index is 13.2. The minimum Gasteiger partial charge on any atom is -0.507 e. The lowest BCUT2D eigenvalue weighted by atomic mass is 10.1. The molecular formula is C15H12FNO4. The van der Waals surface area contributed by atoms with Crippen molar-refractivity contribution in [1.82, 2.24) is 0 Å². The van der Waals surface area contributed by atoms with Crippen LogP contribution in [0.25, 0.3) is 0 Å². The van der Waals surface area contributed by atoms with Gasteiger partial charge in [0.2, 0.25) is 0 Å². The fourth-order valence-corrected chi connectivity index (χ4v) is 1.82. The number of amides is 1. The summed E-state index contributed by atoms with van der Waals surface area (Å²) in [5.74, 6) is -2.82. The van der Waals surface area contributed by atoms with Crippen LogP contribution >= 0.6 is 0 Å². The number of halogens is 1. The molecule has 1 amide bonds. The highest BCUT2D eigenvalue weighted by atomic mass is 19.1. The zero-order valence-corrected chi connectivity index (χ0v) is 11.1. The third-order valence-corrected chi connectivity index (χ3v) is 2.93. The summed E-state index contributed by atoms with van der Waals surface area (Å²) in [7, 11) is 0. The van der Waals surface area contributed by atoms with Crippen molar-refractivity contribution in [3.8, 4) is 5.75 Å². The maximum atomic E-state index is 13.2. The van der Waals surface area contributed by atoms with E-state index in [9.17, 15) is 19.1 Å². The number of aryl methyl sites for hydroxylation is 1. The zero-order chi connectivity index (χ0) is 15.6. The molecule has 2 rings (SSSR count). The van der Waals surface area contributed by atoms with E-state index < -0.39 is 23.4 Å². The molecule has 0 fully saturated rings. The molecule has 0 aromatic heterocycles. The van der Waals surface area contributed by atoms with Crippen molar-refractivity contribution < 1.29 is 24.2 Å². The highest BCUT2D eigenvalue weighted by Gasteiger charge is 2.14. The molecule has 21 heavy (non-hydrogen) atoms. The number of aromatic carboxylic acids is 1. The van der Waals surface area contributed by atoms with E-state index in [1.54, 1.807) is 6.92 Å². The second-order valence-corrected chi connectivity index (χ2v) is 4.45. The molecule has 0 radical (unpaired) electrons. The van der Waals surface area contributed by atoms with E-state index in [4.69, 9.17) is 5.11 Å². The highest BCUT2D eigenvalue weighted by Crippen LogP contribution is 2.22. The van der Waals surface area contributed by atoms with Gasteiger partial charge in [-0.1, -0.05) is 6.07 Å². The minimum absolute atomic E-state index is 0.153. The number of aromatic hydroxyl groups is 1. The molecule has 0 aliphatic rings. The van der Waals surface area contributed by atoms with Crippen LogP contribution in [0.1, 0.15) is 26.3 Å². The van der Waals surface area contributed by atoms with Crippen molar-refractivity contribution in [2.24, 2.45) is 0 Å². The first kappa shape index (κ1) is 14.5. The first-order valence-corrected chi connectivity index (χ1v) is 6.02. The van der Waals surface area contributed by atoms with E-state index in [1.807, 2.05) is 0 Å². The third kappa shape index (κ3) is 3.17. The quantitative estimate of drug-likeness (QED) is 0.758. The van der Waals surface area contributed by atoms with E-state index in [2.05, 4.69) is 5.32 Å². The molecule has 0 heterocycles.